The number of benzene rings is 2. The van der Waals surface area contributed by atoms with Crippen molar-refractivity contribution in [1.29, 1.82) is 0 Å². The van der Waals surface area contributed by atoms with Gasteiger partial charge in [0.25, 0.3) is 5.91 Å². The maximum atomic E-state index is 11.9. The van der Waals surface area contributed by atoms with Crippen molar-refractivity contribution >= 4 is 28.1 Å². The highest BCUT2D eigenvalue weighted by Crippen LogP contribution is 2.33. The Kier molecular flexibility index (Phi) is 6.49. The number of carbonyl (C=O) groups is 1. The third kappa shape index (κ3) is 5.72. The van der Waals surface area contributed by atoms with Gasteiger partial charge in [0.2, 0.25) is 0 Å². The number of phenolic OH excluding ortho intramolecular Hbond substituents is 2. The van der Waals surface area contributed by atoms with Gasteiger partial charge >= 0.3 is 0 Å². The van der Waals surface area contributed by atoms with Crippen LogP contribution in [0.1, 0.15) is 37.5 Å². The highest BCUT2D eigenvalue weighted by molar-refractivity contribution is 9.10. The van der Waals surface area contributed by atoms with Crippen molar-refractivity contribution in [3.05, 3.63) is 51.5 Å². The number of hydrogen-bond acceptors (Lipinski definition) is 5. The Hall–Kier alpha value is -2.54. The van der Waals surface area contributed by atoms with Crippen LogP contribution in [0, 0.1) is 6.92 Å². The van der Waals surface area contributed by atoms with Crippen molar-refractivity contribution in [1.82, 2.24) is 5.43 Å². The highest BCUT2D eigenvalue weighted by atomic mass is 79.9. The standard InChI is InChI=1S/C20H23BrN2O4/c1-12-7-14(20(2,3)4)5-6-17(12)27-11-18(25)23-22-10-13-8-15(21)19(26)16(24)9-13/h5-10,24,26H,11H2,1-4H3,(H,23,25)/b22-10-. The van der Waals surface area contributed by atoms with Crippen LogP contribution in [0.25, 0.3) is 0 Å². The molecule has 6 nitrogen and oxygen atoms in total. The first kappa shape index (κ1) is 20.8. The molecule has 0 bridgehead atoms. The molecule has 27 heavy (non-hydrogen) atoms. The molecular formula is C20H23BrN2O4. The Morgan fingerprint density at radius 3 is 2.56 bits per heavy atom. The molecule has 7 heteroatoms. The summed E-state index contributed by atoms with van der Waals surface area (Å²) in [6.07, 6.45) is 1.35. The number of rotatable bonds is 5. The highest BCUT2D eigenvalue weighted by Gasteiger charge is 2.15. The number of amides is 1. The summed E-state index contributed by atoms with van der Waals surface area (Å²) in [4.78, 5) is 11.9. The summed E-state index contributed by atoms with van der Waals surface area (Å²) in [6.45, 7) is 8.19. The molecule has 0 unspecified atom stereocenters. The number of hydrogen-bond donors (Lipinski definition) is 3. The zero-order chi connectivity index (χ0) is 20.2. The summed E-state index contributed by atoms with van der Waals surface area (Å²) in [5.74, 6) is -0.297. The van der Waals surface area contributed by atoms with E-state index in [2.05, 4.69) is 53.3 Å². The normalized spacial score (nSPS) is 11.6. The molecule has 2 aromatic rings. The van der Waals surface area contributed by atoms with Gasteiger partial charge in [-0.15, -0.1) is 0 Å². The second-order valence-electron chi connectivity index (χ2n) is 7.18. The molecule has 0 atom stereocenters. The topological polar surface area (TPSA) is 91.2 Å². The molecule has 2 rings (SSSR count). The molecule has 0 saturated heterocycles. The zero-order valence-corrected chi connectivity index (χ0v) is 17.3. The molecule has 0 fully saturated rings. The van der Waals surface area contributed by atoms with Gasteiger partial charge in [0, 0.05) is 0 Å². The number of hydrazone groups is 1. The van der Waals surface area contributed by atoms with E-state index < -0.39 is 5.91 Å². The van der Waals surface area contributed by atoms with Gasteiger partial charge in [-0.1, -0.05) is 32.9 Å². The molecule has 1 amide bonds. The maximum Gasteiger partial charge on any atom is 0.277 e. The smallest absolute Gasteiger partial charge is 0.277 e. The second kappa shape index (κ2) is 8.43. The van der Waals surface area contributed by atoms with Crippen LogP contribution in [0.15, 0.2) is 39.9 Å². The summed E-state index contributed by atoms with van der Waals surface area (Å²) in [5, 5.41) is 22.8. The molecule has 0 aliphatic carbocycles. The van der Waals surface area contributed by atoms with E-state index in [1.54, 1.807) is 6.07 Å². The number of nitrogens with zero attached hydrogens (tertiary/aromatic N) is 1. The number of ether oxygens (including phenoxy) is 1. The van der Waals surface area contributed by atoms with E-state index in [1.165, 1.54) is 17.8 Å². The van der Waals surface area contributed by atoms with Crippen LogP contribution in [-0.4, -0.2) is 28.9 Å². The average molecular weight is 435 g/mol. The third-order valence-electron chi connectivity index (χ3n) is 3.87. The van der Waals surface area contributed by atoms with Crippen LogP contribution >= 0.6 is 15.9 Å². The molecule has 0 aliphatic heterocycles. The summed E-state index contributed by atoms with van der Waals surface area (Å²) in [5.41, 5.74) is 5.07. The molecule has 0 saturated carbocycles. The van der Waals surface area contributed by atoms with Gasteiger partial charge in [-0.05, 0) is 63.2 Å². The number of halogens is 1. The fraction of sp³-hybridized carbons (Fsp3) is 0.300. The Bertz CT molecular complexity index is 850. The Morgan fingerprint density at radius 1 is 1.26 bits per heavy atom. The Balaban J connectivity index is 1.91. The largest absolute Gasteiger partial charge is 0.504 e. The van der Waals surface area contributed by atoms with E-state index >= 15 is 0 Å². The first-order chi connectivity index (χ1) is 12.6. The minimum absolute atomic E-state index is 0.0486. The molecule has 2 aromatic carbocycles. The van der Waals surface area contributed by atoms with E-state index in [4.69, 9.17) is 4.74 Å². The predicted octanol–water partition coefficient (Wildman–Crippen LogP) is 4.00. The van der Waals surface area contributed by atoms with Gasteiger partial charge in [0.1, 0.15) is 5.75 Å². The summed E-state index contributed by atoms with van der Waals surface area (Å²) < 4.78 is 5.88. The molecule has 0 radical (unpaired) electrons. The first-order valence-electron chi connectivity index (χ1n) is 8.35. The molecule has 3 N–H and O–H groups in total. The molecule has 0 heterocycles. The predicted molar refractivity (Wildman–Crippen MR) is 109 cm³/mol. The van der Waals surface area contributed by atoms with Crippen LogP contribution in [0.5, 0.6) is 17.2 Å². The molecule has 0 spiro atoms. The van der Waals surface area contributed by atoms with Crippen LogP contribution in [-0.2, 0) is 10.2 Å². The summed E-state index contributed by atoms with van der Waals surface area (Å²) in [6, 6.07) is 8.80. The Morgan fingerprint density at radius 2 is 1.96 bits per heavy atom. The van der Waals surface area contributed by atoms with E-state index in [-0.39, 0.29) is 23.5 Å². The lowest BCUT2D eigenvalue weighted by molar-refractivity contribution is -0.123. The lowest BCUT2D eigenvalue weighted by atomic mass is 9.86. The van der Waals surface area contributed by atoms with Crippen molar-refractivity contribution in [2.75, 3.05) is 6.61 Å². The van der Waals surface area contributed by atoms with Crippen molar-refractivity contribution in [3.8, 4) is 17.2 Å². The average Bonchev–Trinajstić information content (AvgIpc) is 2.57. The fourth-order valence-electron chi connectivity index (χ4n) is 2.31. The SMILES string of the molecule is Cc1cc(C(C)(C)C)ccc1OCC(=O)N/N=C\c1cc(O)c(O)c(Br)c1. The van der Waals surface area contributed by atoms with Gasteiger partial charge in [0.15, 0.2) is 18.1 Å². The number of carbonyl (C=O) groups excluding carboxylic acids is 1. The van der Waals surface area contributed by atoms with E-state index in [1.807, 2.05) is 19.1 Å². The first-order valence-corrected chi connectivity index (χ1v) is 9.14. The van der Waals surface area contributed by atoms with Crippen molar-refractivity contribution in [3.63, 3.8) is 0 Å². The monoisotopic (exact) mass is 434 g/mol. The van der Waals surface area contributed by atoms with Gasteiger partial charge in [0.05, 0.1) is 10.7 Å². The third-order valence-corrected chi connectivity index (χ3v) is 4.47. The van der Waals surface area contributed by atoms with E-state index in [0.717, 1.165) is 5.56 Å². The van der Waals surface area contributed by atoms with Crippen molar-refractivity contribution in [2.45, 2.75) is 33.1 Å². The molecule has 144 valence electrons. The van der Waals surface area contributed by atoms with Gasteiger partial charge in [-0.2, -0.15) is 5.10 Å². The number of aromatic hydroxyl groups is 2. The summed E-state index contributed by atoms with van der Waals surface area (Å²) >= 11 is 3.11. The molecular weight excluding hydrogens is 412 g/mol. The maximum absolute atomic E-state index is 11.9. The lowest BCUT2D eigenvalue weighted by Crippen LogP contribution is -2.24. The lowest BCUT2D eigenvalue weighted by Gasteiger charge is -2.20. The van der Waals surface area contributed by atoms with Crippen LogP contribution in [0.3, 0.4) is 0 Å². The Labute approximate surface area is 167 Å². The number of nitrogens with one attached hydrogen (secondary N) is 1. The zero-order valence-electron chi connectivity index (χ0n) is 15.7. The van der Waals surface area contributed by atoms with Gasteiger partial charge in [-0.3, -0.25) is 4.79 Å². The molecule has 0 aliphatic rings. The number of phenols is 2. The van der Waals surface area contributed by atoms with E-state index in [0.29, 0.717) is 15.8 Å². The molecule has 0 aromatic heterocycles. The van der Waals surface area contributed by atoms with Crippen LogP contribution in [0.4, 0.5) is 0 Å². The van der Waals surface area contributed by atoms with E-state index in [9.17, 15) is 15.0 Å². The van der Waals surface area contributed by atoms with Gasteiger partial charge < -0.3 is 14.9 Å². The van der Waals surface area contributed by atoms with Crippen LogP contribution < -0.4 is 10.2 Å². The minimum atomic E-state index is -0.410. The van der Waals surface area contributed by atoms with Crippen LogP contribution in [0.2, 0.25) is 0 Å². The van der Waals surface area contributed by atoms with Crippen molar-refractivity contribution in [2.24, 2.45) is 5.10 Å². The quantitative estimate of drug-likeness (QED) is 0.376. The fourth-order valence-corrected chi connectivity index (χ4v) is 2.78. The number of aryl methyl sites for hydroxylation is 1. The minimum Gasteiger partial charge on any atom is -0.504 e. The second-order valence-corrected chi connectivity index (χ2v) is 8.04. The van der Waals surface area contributed by atoms with Crippen molar-refractivity contribution < 1.29 is 19.7 Å². The van der Waals surface area contributed by atoms with Gasteiger partial charge in [-0.25, -0.2) is 5.43 Å². The summed E-state index contributed by atoms with van der Waals surface area (Å²) in [7, 11) is 0.